The van der Waals surface area contributed by atoms with E-state index >= 15 is 0 Å². The summed E-state index contributed by atoms with van der Waals surface area (Å²) in [5, 5.41) is 44.2. The van der Waals surface area contributed by atoms with Crippen LogP contribution in [0.1, 0.15) is 6.04 Å². The van der Waals surface area contributed by atoms with Crippen LogP contribution < -0.4 is 0 Å². The fourth-order valence-electron chi connectivity index (χ4n) is 3.13. The molecule has 5 atom stereocenters. The predicted octanol–water partition coefficient (Wildman–Crippen LogP) is 3.09. The van der Waals surface area contributed by atoms with Crippen molar-refractivity contribution in [3.8, 4) is 11.3 Å². The first-order chi connectivity index (χ1) is 14.0. The number of nitrogens with zero attached hydrogens (tertiary/aromatic N) is 3. The van der Waals surface area contributed by atoms with E-state index in [2.05, 4.69) is 10.3 Å². The average molecular weight is 474 g/mol. The zero-order valence-corrected chi connectivity index (χ0v) is 17.9. The Morgan fingerprint density at radius 2 is 2.00 bits per heavy atom. The molecule has 1 saturated heterocycles. The fraction of sp³-hybridized carbons (Fsp3) is 0.333. The van der Waals surface area contributed by atoms with Crippen LogP contribution in [0.3, 0.4) is 0 Å². The van der Waals surface area contributed by atoms with E-state index in [-0.39, 0.29) is 0 Å². The number of thiophene rings is 1. The molecule has 4 rings (SSSR count). The summed E-state index contributed by atoms with van der Waals surface area (Å²) in [6.07, 6.45) is -1.51. The summed E-state index contributed by atoms with van der Waals surface area (Å²) >= 11 is 14.8. The molecule has 1 aromatic carbocycles. The van der Waals surface area contributed by atoms with Gasteiger partial charge < -0.3 is 20.1 Å². The van der Waals surface area contributed by atoms with Crippen LogP contribution in [-0.2, 0) is 4.74 Å². The van der Waals surface area contributed by atoms with E-state index < -0.39 is 36.4 Å². The lowest BCUT2D eigenvalue weighted by atomic mass is 9.97. The van der Waals surface area contributed by atoms with E-state index in [1.165, 1.54) is 27.8 Å². The van der Waals surface area contributed by atoms with Crippen LogP contribution >= 0.6 is 46.3 Å². The second kappa shape index (κ2) is 8.91. The topological polar surface area (TPSA) is 101 Å². The Hall–Kier alpha value is -1.17. The van der Waals surface area contributed by atoms with Gasteiger partial charge in [0.05, 0.1) is 22.8 Å². The van der Waals surface area contributed by atoms with Gasteiger partial charge in [-0.25, -0.2) is 4.68 Å². The van der Waals surface area contributed by atoms with Crippen molar-refractivity contribution in [2.45, 2.75) is 34.7 Å². The SMILES string of the molecule is OCC1OC(Sc2ccc(Cl)c(Cl)c2)C(O)C(n2cc(-c3ccsc3)nn2)C1O. The van der Waals surface area contributed by atoms with Crippen molar-refractivity contribution in [2.24, 2.45) is 0 Å². The van der Waals surface area contributed by atoms with Crippen molar-refractivity contribution in [2.75, 3.05) is 6.61 Å². The first-order valence-electron chi connectivity index (χ1n) is 8.66. The predicted molar refractivity (Wildman–Crippen MR) is 112 cm³/mol. The highest BCUT2D eigenvalue weighted by atomic mass is 35.5. The summed E-state index contributed by atoms with van der Waals surface area (Å²) in [7, 11) is 0. The maximum Gasteiger partial charge on any atom is 0.136 e. The van der Waals surface area contributed by atoms with Gasteiger partial charge in [0, 0.05) is 15.8 Å². The molecule has 154 valence electrons. The van der Waals surface area contributed by atoms with Crippen LogP contribution in [0.25, 0.3) is 11.3 Å². The molecule has 0 aliphatic carbocycles. The lowest BCUT2D eigenvalue weighted by molar-refractivity contribution is -0.178. The molecule has 5 unspecified atom stereocenters. The minimum atomic E-state index is -1.17. The molecule has 1 aliphatic rings. The number of benzene rings is 1. The summed E-state index contributed by atoms with van der Waals surface area (Å²) in [6.45, 7) is -0.408. The Bertz CT molecular complexity index is 972. The quantitative estimate of drug-likeness (QED) is 0.523. The number of rotatable bonds is 5. The van der Waals surface area contributed by atoms with Crippen molar-refractivity contribution in [1.82, 2.24) is 15.0 Å². The van der Waals surface area contributed by atoms with Gasteiger partial charge in [-0.3, -0.25) is 0 Å². The Morgan fingerprint density at radius 3 is 2.69 bits per heavy atom. The molecule has 0 spiro atoms. The second-order valence-electron chi connectivity index (χ2n) is 6.49. The van der Waals surface area contributed by atoms with Crippen LogP contribution in [0.2, 0.25) is 10.0 Å². The molecule has 1 fully saturated rings. The number of hydrogen-bond acceptors (Lipinski definition) is 8. The molecule has 3 heterocycles. The maximum absolute atomic E-state index is 11.0. The van der Waals surface area contributed by atoms with Gasteiger partial charge in [0.15, 0.2) is 0 Å². The maximum atomic E-state index is 11.0. The van der Waals surface area contributed by atoms with Crippen molar-refractivity contribution in [3.05, 3.63) is 51.3 Å². The summed E-state index contributed by atoms with van der Waals surface area (Å²) in [6, 6.07) is 6.15. The van der Waals surface area contributed by atoms with Gasteiger partial charge >= 0.3 is 0 Å². The van der Waals surface area contributed by atoms with Crippen LogP contribution in [-0.4, -0.2) is 60.7 Å². The lowest BCUT2D eigenvalue weighted by Gasteiger charge is -2.41. The summed E-state index contributed by atoms with van der Waals surface area (Å²) in [5.41, 5.74) is 0.760. The molecule has 29 heavy (non-hydrogen) atoms. The molecule has 0 amide bonds. The van der Waals surface area contributed by atoms with Gasteiger partial charge in [-0.15, -0.1) is 5.10 Å². The molecule has 2 aromatic heterocycles. The monoisotopic (exact) mass is 473 g/mol. The van der Waals surface area contributed by atoms with Crippen LogP contribution in [0, 0.1) is 0 Å². The first kappa shape index (κ1) is 21.1. The van der Waals surface area contributed by atoms with Gasteiger partial charge in [0.1, 0.15) is 35.5 Å². The molecule has 1 aliphatic heterocycles. The zero-order chi connectivity index (χ0) is 20.5. The summed E-state index contributed by atoms with van der Waals surface area (Å²) in [5.74, 6) is 0. The molecule has 0 saturated carbocycles. The number of aliphatic hydroxyl groups is 3. The Morgan fingerprint density at radius 1 is 1.17 bits per heavy atom. The molecular formula is C18H17Cl2N3O4S2. The van der Waals surface area contributed by atoms with Crippen molar-refractivity contribution in [3.63, 3.8) is 0 Å². The van der Waals surface area contributed by atoms with Gasteiger partial charge in [-0.2, -0.15) is 11.3 Å². The van der Waals surface area contributed by atoms with E-state index in [9.17, 15) is 15.3 Å². The number of ether oxygens (including phenoxy) is 1. The van der Waals surface area contributed by atoms with Gasteiger partial charge in [-0.1, -0.05) is 40.2 Å². The van der Waals surface area contributed by atoms with Gasteiger partial charge in [-0.05, 0) is 29.6 Å². The van der Waals surface area contributed by atoms with Crippen LogP contribution in [0.5, 0.6) is 0 Å². The van der Waals surface area contributed by atoms with E-state index in [0.29, 0.717) is 15.7 Å². The molecule has 7 nitrogen and oxygen atoms in total. The average Bonchev–Trinajstić information content (AvgIpc) is 3.39. The highest BCUT2D eigenvalue weighted by molar-refractivity contribution is 7.99. The first-order valence-corrected chi connectivity index (χ1v) is 11.2. The van der Waals surface area contributed by atoms with Crippen molar-refractivity contribution >= 4 is 46.3 Å². The minimum absolute atomic E-state index is 0.383. The van der Waals surface area contributed by atoms with Gasteiger partial charge in [0.25, 0.3) is 0 Å². The zero-order valence-electron chi connectivity index (χ0n) is 14.8. The molecule has 3 aromatic rings. The highest BCUT2D eigenvalue weighted by Gasteiger charge is 2.46. The largest absolute Gasteiger partial charge is 0.394 e. The van der Waals surface area contributed by atoms with E-state index in [1.807, 2.05) is 16.8 Å². The minimum Gasteiger partial charge on any atom is -0.394 e. The van der Waals surface area contributed by atoms with E-state index in [1.54, 1.807) is 24.4 Å². The smallest absolute Gasteiger partial charge is 0.136 e. The summed E-state index contributed by atoms with van der Waals surface area (Å²) in [4.78, 5) is 0.729. The Labute approximate surface area is 184 Å². The second-order valence-corrected chi connectivity index (χ2v) is 9.25. The van der Waals surface area contributed by atoms with Gasteiger partial charge in [0.2, 0.25) is 0 Å². The van der Waals surface area contributed by atoms with Crippen molar-refractivity contribution < 1.29 is 20.1 Å². The van der Waals surface area contributed by atoms with Crippen LogP contribution in [0.4, 0.5) is 0 Å². The third-order valence-corrected chi connectivity index (χ3v) is 7.20. The third kappa shape index (κ3) is 4.33. The van der Waals surface area contributed by atoms with Crippen molar-refractivity contribution in [1.29, 1.82) is 0 Å². The number of hydrogen-bond donors (Lipinski definition) is 3. The molecule has 0 bridgehead atoms. The molecule has 0 radical (unpaired) electrons. The third-order valence-electron chi connectivity index (χ3n) is 4.62. The number of halogens is 2. The van der Waals surface area contributed by atoms with Crippen LogP contribution in [0.15, 0.2) is 46.1 Å². The Balaban J connectivity index is 1.61. The van der Waals surface area contributed by atoms with E-state index in [4.69, 9.17) is 27.9 Å². The lowest BCUT2D eigenvalue weighted by Crippen LogP contribution is -2.55. The molecular weight excluding hydrogens is 457 g/mol. The normalized spacial score (nSPS) is 27.3. The molecule has 3 N–H and O–H groups in total. The highest BCUT2D eigenvalue weighted by Crippen LogP contribution is 2.39. The Kier molecular flexibility index (Phi) is 6.47. The number of aromatic nitrogens is 3. The fourth-order valence-corrected chi connectivity index (χ4v) is 5.24. The number of thioether (sulfide) groups is 1. The number of aliphatic hydroxyl groups excluding tert-OH is 3. The van der Waals surface area contributed by atoms with E-state index in [0.717, 1.165) is 10.5 Å². The standard InChI is InChI=1S/C18H17Cl2N3O4S2/c19-11-2-1-10(5-12(11)20)29-18-17(26)15(16(25)14(7-24)27-18)23-6-13(21-22-23)9-3-4-28-8-9/h1-6,8,14-18,24-26H,7H2. The summed E-state index contributed by atoms with van der Waals surface area (Å²) < 4.78 is 7.17. The molecule has 11 heteroatoms.